The third kappa shape index (κ3) is 6.18. The molecular formula is C25H33N5O3. The molecule has 2 amide bonds. The highest BCUT2D eigenvalue weighted by molar-refractivity contribution is 6.14. The predicted octanol–water partition coefficient (Wildman–Crippen LogP) is 3.57. The van der Waals surface area contributed by atoms with Crippen molar-refractivity contribution in [3.05, 3.63) is 36.4 Å². The van der Waals surface area contributed by atoms with E-state index in [0.717, 1.165) is 40.6 Å². The Morgan fingerprint density at radius 2 is 1.52 bits per heavy atom. The van der Waals surface area contributed by atoms with E-state index in [0.29, 0.717) is 24.5 Å². The summed E-state index contributed by atoms with van der Waals surface area (Å²) in [5.41, 5.74) is 2.78. The van der Waals surface area contributed by atoms with Gasteiger partial charge in [-0.1, -0.05) is 13.8 Å². The summed E-state index contributed by atoms with van der Waals surface area (Å²) in [4.78, 5) is 33.8. The summed E-state index contributed by atoms with van der Waals surface area (Å²) >= 11 is 0. The van der Waals surface area contributed by atoms with E-state index in [1.165, 1.54) is 0 Å². The normalized spacial score (nSPS) is 11.4. The molecule has 0 unspecified atom stereocenters. The number of carbonyl (C=O) groups is 2. The van der Waals surface area contributed by atoms with E-state index in [1.807, 2.05) is 81.1 Å². The zero-order chi connectivity index (χ0) is 24.0. The van der Waals surface area contributed by atoms with Crippen LogP contribution in [-0.2, 0) is 9.59 Å². The van der Waals surface area contributed by atoms with Gasteiger partial charge in [-0.25, -0.2) is 4.98 Å². The lowest BCUT2D eigenvalue weighted by Gasteiger charge is -2.17. The van der Waals surface area contributed by atoms with Crippen molar-refractivity contribution in [3.63, 3.8) is 0 Å². The quantitative estimate of drug-likeness (QED) is 0.459. The molecule has 0 aliphatic carbocycles. The highest BCUT2D eigenvalue weighted by Gasteiger charge is 2.15. The van der Waals surface area contributed by atoms with Gasteiger partial charge in [0.05, 0.1) is 36.4 Å². The third-order valence-corrected chi connectivity index (χ3v) is 5.51. The average molecular weight is 452 g/mol. The molecule has 0 aliphatic heterocycles. The Kier molecular flexibility index (Phi) is 8.19. The van der Waals surface area contributed by atoms with Crippen molar-refractivity contribution in [1.29, 1.82) is 0 Å². The predicted molar refractivity (Wildman–Crippen MR) is 134 cm³/mol. The highest BCUT2D eigenvalue weighted by atomic mass is 16.5. The number of hydrogen-bond acceptors (Lipinski definition) is 6. The molecule has 0 spiro atoms. The SMILES string of the molecule is CCOc1ccc2c(NC(=O)CN(C)CC)c3cc(NC(=O)CN(C)CC)ccc3nc2c1. The molecule has 3 rings (SSSR count). The molecule has 33 heavy (non-hydrogen) atoms. The van der Waals surface area contributed by atoms with Crippen molar-refractivity contribution in [2.45, 2.75) is 20.8 Å². The number of nitrogens with zero attached hydrogens (tertiary/aromatic N) is 3. The van der Waals surface area contributed by atoms with E-state index < -0.39 is 0 Å². The van der Waals surface area contributed by atoms with Crippen LogP contribution in [0, 0.1) is 0 Å². The summed E-state index contributed by atoms with van der Waals surface area (Å²) in [6.07, 6.45) is 0. The van der Waals surface area contributed by atoms with E-state index in [9.17, 15) is 9.59 Å². The topological polar surface area (TPSA) is 86.8 Å². The first-order chi connectivity index (χ1) is 15.8. The second-order valence-corrected chi connectivity index (χ2v) is 8.09. The smallest absolute Gasteiger partial charge is 0.238 e. The van der Waals surface area contributed by atoms with Crippen LogP contribution in [-0.4, -0.2) is 73.5 Å². The summed E-state index contributed by atoms with van der Waals surface area (Å²) in [5.74, 6) is 0.522. The molecule has 0 saturated heterocycles. The Hall–Kier alpha value is -3.23. The molecule has 2 aromatic carbocycles. The molecule has 0 atom stereocenters. The second kappa shape index (κ2) is 11.1. The van der Waals surface area contributed by atoms with Crippen LogP contribution in [0.2, 0.25) is 0 Å². The lowest BCUT2D eigenvalue weighted by Crippen LogP contribution is -2.30. The zero-order valence-electron chi connectivity index (χ0n) is 20.1. The summed E-state index contributed by atoms with van der Waals surface area (Å²) < 4.78 is 5.63. The van der Waals surface area contributed by atoms with Gasteiger partial charge in [-0.05, 0) is 64.4 Å². The number of amides is 2. The fourth-order valence-electron chi connectivity index (χ4n) is 3.49. The van der Waals surface area contributed by atoms with Crippen molar-refractivity contribution in [2.75, 3.05) is 57.5 Å². The molecule has 176 valence electrons. The fourth-order valence-corrected chi connectivity index (χ4v) is 3.49. The maximum absolute atomic E-state index is 12.8. The first kappa shape index (κ1) is 24.4. The molecule has 0 fully saturated rings. The van der Waals surface area contributed by atoms with E-state index in [1.54, 1.807) is 0 Å². The first-order valence-electron chi connectivity index (χ1n) is 11.3. The van der Waals surface area contributed by atoms with Crippen LogP contribution in [0.4, 0.5) is 11.4 Å². The standard InChI is InChI=1S/C25H33N5O3/c1-6-29(4)15-23(31)26-17-9-12-21-20(13-17)25(28-24(32)16-30(5)7-2)19-11-10-18(33-8-3)14-22(19)27-21/h9-14H,6-8,15-16H2,1-5H3,(H,26,31)(H,27,28,32). The van der Waals surface area contributed by atoms with Crippen molar-refractivity contribution in [3.8, 4) is 5.75 Å². The molecule has 8 nitrogen and oxygen atoms in total. The molecule has 8 heteroatoms. The van der Waals surface area contributed by atoms with Crippen molar-refractivity contribution >= 4 is 45.0 Å². The van der Waals surface area contributed by atoms with E-state index >= 15 is 0 Å². The largest absolute Gasteiger partial charge is 0.494 e. The number of anilines is 2. The van der Waals surface area contributed by atoms with Crippen LogP contribution in [0.25, 0.3) is 21.8 Å². The Morgan fingerprint density at radius 3 is 2.15 bits per heavy atom. The third-order valence-electron chi connectivity index (χ3n) is 5.51. The Bertz CT molecular complexity index is 1150. The minimum absolute atomic E-state index is 0.0936. The van der Waals surface area contributed by atoms with Gasteiger partial charge in [0.1, 0.15) is 5.75 Å². The van der Waals surface area contributed by atoms with Gasteiger partial charge in [0.15, 0.2) is 0 Å². The number of rotatable bonds is 10. The van der Waals surface area contributed by atoms with Gasteiger partial charge in [-0.15, -0.1) is 0 Å². The van der Waals surface area contributed by atoms with Gasteiger partial charge in [0, 0.05) is 22.5 Å². The molecule has 1 heterocycles. The van der Waals surface area contributed by atoms with Gasteiger partial charge in [-0.3, -0.25) is 19.4 Å². The Balaban J connectivity index is 2.06. The van der Waals surface area contributed by atoms with Gasteiger partial charge < -0.3 is 15.4 Å². The first-order valence-corrected chi connectivity index (χ1v) is 11.3. The van der Waals surface area contributed by atoms with Crippen LogP contribution >= 0.6 is 0 Å². The van der Waals surface area contributed by atoms with Crippen molar-refractivity contribution in [2.24, 2.45) is 0 Å². The van der Waals surface area contributed by atoms with E-state index in [4.69, 9.17) is 9.72 Å². The molecular weight excluding hydrogens is 418 g/mol. The van der Waals surface area contributed by atoms with Crippen LogP contribution < -0.4 is 15.4 Å². The van der Waals surface area contributed by atoms with Crippen molar-refractivity contribution < 1.29 is 14.3 Å². The van der Waals surface area contributed by atoms with Crippen LogP contribution in [0.3, 0.4) is 0 Å². The Morgan fingerprint density at radius 1 is 0.848 bits per heavy atom. The van der Waals surface area contributed by atoms with Gasteiger partial charge >= 0.3 is 0 Å². The lowest BCUT2D eigenvalue weighted by atomic mass is 10.1. The van der Waals surface area contributed by atoms with E-state index in [-0.39, 0.29) is 18.4 Å². The number of pyridine rings is 1. The number of hydrogen-bond donors (Lipinski definition) is 2. The molecule has 1 aromatic heterocycles. The Labute approximate surface area is 194 Å². The van der Waals surface area contributed by atoms with Crippen LogP contribution in [0.5, 0.6) is 5.75 Å². The van der Waals surface area contributed by atoms with Crippen molar-refractivity contribution in [1.82, 2.24) is 14.8 Å². The minimum Gasteiger partial charge on any atom is -0.494 e. The summed E-state index contributed by atoms with van der Waals surface area (Å²) in [5, 5.41) is 7.61. The summed E-state index contributed by atoms with van der Waals surface area (Å²) in [6.45, 7) is 8.63. The van der Waals surface area contributed by atoms with Crippen LogP contribution in [0.1, 0.15) is 20.8 Å². The summed E-state index contributed by atoms with van der Waals surface area (Å²) in [7, 11) is 3.80. The number of fused-ring (bicyclic) bond motifs is 2. The molecule has 3 aromatic rings. The van der Waals surface area contributed by atoms with E-state index in [2.05, 4.69) is 10.6 Å². The van der Waals surface area contributed by atoms with Crippen LogP contribution in [0.15, 0.2) is 36.4 Å². The number of likely N-dealkylation sites (N-methyl/N-ethyl adjacent to an activating group) is 2. The lowest BCUT2D eigenvalue weighted by molar-refractivity contribution is -0.117. The average Bonchev–Trinajstić information content (AvgIpc) is 2.79. The number of carbonyl (C=O) groups excluding carboxylic acids is 2. The molecule has 0 aliphatic rings. The molecule has 2 N–H and O–H groups in total. The van der Waals surface area contributed by atoms with Gasteiger partial charge in [0.25, 0.3) is 0 Å². The fraction of sp³-hybridized carbons (Fsp3) is 0.400. The second-order valence-electron chi connectivity index (χ2n) is 8.09. The number of aromatic nitrogens is 1. The highest BCUT2D eigenvalue weighted by Crippen LogP contribution is 2.34. The maximum atomic E-state index is 12.8. The number of benzene rings is 2. The molecule has 0 bridgehead atoms. The number of ether oxygens (including phenoxy) is 1. The maximum Gasteiger partial charge on any atom is 0.238 e. The molecule has 0 radical (unpaired) electrons. The van der Waals surface area contributed by atoms with Gasteiger partial charge in [0.2, 0.25) is 11.8 Å². The zero-order valence-corrected chi connectivity index (χ0v) is 20.1. The monoisotopic (exact) mass is 451 g/mol. The van der Waals surface area contributed by atoms with Gasteiger partial charge in [-0.2, -0.15) is 0 Å². The summed E-state index contributed by atoms with van der Waals surface area (Å²) in [6, 6.07) is 11.2. The molecule has 0 saturated carbocycles. The number of nitrogens with one attached hydrogen (secondary N) is 2. The minimum atomic E-state index is -0.110.